The minimum atomic E-state index is -3.65. The molecule has 4 N–H and O–H groups in total. The molecule has 13 heteroatoms. The Morgan fingerprint density at radius 2 is 1.60 bits per heavy atom. The highest BCUT2D eigenvalue weighted by Gasteiger charge is 2.40. The van der Waals surface area contributed by atoms with Gasteiger partial charge in [-0.1, -0.05) is 34.6 Å². The predicted molar refractivity (Wildman–Crippen MR) is 131 cm³/mol. The van der Waals surface area contributed by atoms with Crippen molar-refractivity contribution in [2.24, 2.45) is 23.2 Å². The van der Waals surface area contributed by atoms with Crippen LogP contribution < -0.4 is 16.1 Å². The fraction of sp³-hybridized carbons (Fsp3) is 0.864. The van der Waals surface area contributed by atoms with E-state index in [1.54, 1.807) is 33.4 Å². The van der Waals surface area contributed by atoms with E-state index in [1.807, 2.05) is 13.8 Å². The van der Waals surface area contributed by atoms with Crippen LogP contribution >= 0.6 is 0 Å². The predicted octanol–water partition coefficient (Wildman–Crippen LogP) is -0.0282. The molecular weight excluding hydrogens is 480 g/mol. The van der Waals surface area contributed by atoms with E-state index in [-0.39, 0.29) is 32.0 Å². The summed E-state index contributed by atoms with van der Waals surface area (Å²) in [6.45, 7) is 10.1. The molecule has 0 aromatic heterocycles. The maximum atomic E-state index is 13.4. The normalized spacial score (nSPS) is 14.9. The highest BCUT2D eigenvalue weighted by atomic mass is 32.2. The first-order valence-corrected chi connectivity index (χ1v) is 13.4. The van der Waals surface area contributed by atoms with Gasteiger partial charge in [0.15, 0.2) is 0 Å². The Balaban J connectivity index is 5.73. The Kier molecular flexibility index (Phi) is 14.6. The Morgan fingerprint density at radius 3 is 2.06 bits per heavy atom. The van der Waals surface area contributed by atoms with Gasteiger partial charge in [-0.15, -0.1) is 0 Å². The van der Waals surface area contributed by atoms with Crippen LogP contribution in [-0.4, -0.2) is 95.0 Å². The molecule has 0 fully saturated rings. The summed E-state index contributed by atoms with van der Waals surface area (Å²) in [4.78, 5) is 38.8. The molecule has 0 radical (unpaired) electrons. The quantitative estimate of drug-likeness (QED) is 0.124. The minimum Gasteiger partial charge on any atom is -0.382 e. The van der Waals surface area contributed by atoms with Crippen LogP contribution in [0.1, 0.15) is 41.0 Å². The Labute approximate surface area is 209 Å². The smallest absolute Gasteiger partial charge is 0.248 e. The second-order valence-corrected chi connectivity index (χ2v) is 12.2. The van der Waals surface area contributed by atoms with Gasteiger partial charge in [-0.3, -0.25) is 19.6 Å². The van der Waals surface area contributed by atoms with Crippen LogP contribution in [0.25, 0.3) is 0 Å². The summed E-state index contributed by atoms with van der Waals surface area (Å²) in [7, 11) is -0.803. The van der Waals surface area contributed by atoms with E-state index in [1.165, 1.54) is 7.05 Å². The van der Waals surface area contributed by atoms with Crippen molar-refractivity contribution < 1.29 is 37.5 Å². The van der Waals surface area contributed by atoms with Gasteiger partial charge in [-0.25, -0.2) is 18.2 Å². The third kappa shape index (κ3) is 12.6. The topological polar surface area (TPSA) is 163 Å². The van der Waals surface area contributed by atoms with E-state index < -0.39 is 51.0 Å². The molecule has 0 spiro atoms. The number of nitrogens with zero attached hydrogens (tertiary/aromatic N) is 1. The summed E-state index contributed by atoms with van der Waals surface area (Å²) < 4.78 is 35.1. The lowest BCUT2D eigenvalue weighted by Gasteiger charge is -2.34. The molecule has 0 aliphatic carbocycles. The summed E-state index contributed by atoms with van der Waals surface area (Å²) in [5.41, 5.74) is 0.874. The van der Waals surface area contributed by atoms with E-state index in [0.29, 0.717) is 13.2 Å². The summed E-state index contributed by atoms with van der Waals surface area (Å²) in [5, 5.41) is 14.8. The molecule has 0 unspecified atom stereocenters. The summed E-state index contributed by atoms with van der Waals surface area (Å²) in [5.74, 6) is -4.09. The molecule has 0 saturated carbocycles. The summed E-state index contributed by atoms with van der Waals surface area (Å²) in [6, 6.07) is -0.936. The molecule has 0 saturated heterocycles. The number of sulfonamides is 1. The van der Waals surface area contributed by atoms with Gasteiger partial charge in [-0.2, -0.15) is 0 Å². The van der Waals surface area contributed by atoms with Crippen molar-refractivity contribution in [2.75, 3.05) is 53.3 Å². The van der Waals surface area contributed by atoms with E-state index in [0.717, 1.165) is 10.6 Å². The van der Waals surface area contributed by atoms with Crippen LogP contribution in [0.15, 0.2) is 0 Å². The zero-order chi connectivity index (χ0) is 27.4. The molecule has 3 atom stereocenters. The molecule has 0 bridgehead atoms. The maximum Gasteiger partial charge on any atom is 0.248 e. The number of nitrogens with one attached hydrogen (secondary N) is 3. The maximum absolute atomic E-state index is 13.4. The van der Waals surface area contributed by atoms with Gasteiger partial charge >= 0.3 is 0 Å². The van der Waals surface area contributed by atoms with Crippen molar-refractivity contribution >= 4 is 27.7 Å². The van der Waals surface area contributed by atoms with E-state index in [2.05, 4.69) is 10.6 Å². The number of hydrogen-bond donors (Lipinski definition) is 4. The zero-order valence-corrected chi connectivity index (χ0v) is 23.0. The van der Waals surface area contributed by atoms with Gasteiger partial charge < -0.3 is 20.1 Å². The SMILES string of the molecule is COCCOCCNC(=O)[C@@H](NC(=O)[C@H](CC(C)C)[C@H](CN(C)S(C)(=O)=O)C(=O)NO)C(C)(C)C. The Morgan fingerprint density at radius 1 is 1.00 bits per heavy atom. The first-order valence-electron chi connectivity index (χ1n) is 11.6. The van der Waals surface area contributed by atoms with Crippen LogP contribution in [0.4, 0.5) is 0 Å². The van der Waals surface area contributed by atoms with Crippen LogP contribution in [-0.2, 0) is 33.9 Å². The lowest BCUT2D eigenvalue weighted by Crippen LogP contribution is -2.57. The Hall–Kier alpha value is -1.80. The molecule has 0 aliphatic rings. The fourth-order valence-corrected chi connectivity index (χ4v) is 3.80. The van der Waals surface area contributed by atoms with Crippen molar-refractivity contribution in [3.8, 4) is 0 Å². The van der Waals surface area contributed by atoms with Gasteiger partial charge in [0.1, 0.15) is 6.04 Å². The highest BCUT2D eigenvalue weighted by molar-refractivity contribution is 7.88. The Bertz CT molecular complexity index is 783. The van der Waals surface area contributed by atoms with Gasteiger partial charge in [-0.05, 0) is 17.8 Å². The summed E-state index contributed by atoms with van der Waals surface area (Å²) in [6.07, 6.45) is 1.21. The van der Waals surface area contributed by atoms with E-state index >= 15 is 0 Å². The monoisotopic (exact) mass is 524 g/mol. The molecule has 0 aromatic rings. The van der Waals surface area contributed by atoms with Crippen LogP contribution in [0.2, 0.25) is 0 Å². The van der Waals surface area contributed by atoms with Crippen molar-refractivity contribution in [2.45, 2.75) is 47.1 Å². The van der Waals surface area contributed by atoms with Crippen LogP contribution in [0.5, 0.6) is 0 Å². The number of ether oxygens (including phenoxy) is 2. The average Bonchev–Trinajstić information content (AvgIpc) is 2.74. The standard InChI is InChI=1S/C22H44N4O8S/c1-15(2)13-16(17(20(28)25-30)14-26(6)35(8,31)32)19(27)24-18(22(3,4)5)21(29)23-9-10-34-12-11-33-7/h15-18,30H,9-14H2,1-8H3,(H,23,29)(H,24,27)(H,25,28)/t16-,17+,18-/m1/s1. The average molecular weight is 525 g/mol. The highest BCUT2D eigenvalue weighted by Crippen LogP contribution is 2.26. The number of hydrogen-bond acceptors (Lipinski definition) is 8. The second kappa shape index (κ2) is 15.3. The van der Waals surface area contributed by atoms with Crippen LogP contribution in [0, 0.1) is 23.2 Å². The second-order valence-electron chi connectivity index (χ2n) is 10.1. The first-order chi connectivity index (χ1) is 16.1. The molecule has 0 aliphatic heterocycles. The molecular formula is C22H44N4O8S. The van der Waals surface area contributed by atoms with Gasteiger partial charge in [0.25, 0.3) is 0 Å². The number of rotatable bonds is 16. The number of methoxy groups -OCH3 is 1. The molecule has 12 nitrogen and oxygen atoms in total. The summed E-state index contributed by atoms with van der Waals surface area (Å²) >= 11 is 0. The fourth-order valence-electron chi connectivity index (χ4n) is 3.37. The van der Waals surface area contributed by atoms with Gasteiger partial charge in [0.05, 0.1) is 37.9 Å². The minimum absolute atomic E-state index is 0.0329. The van der Waals surface area contributed by atoms with Gasteiger partial charge in [0.2, 0.25) is 27.7 Å². The number of amides is 3. The lowest BCUT2D eigenvalue weighted by atomic mass is 9.81. The number of carbonyl (C=O) groups excluding carboxylic acids is 3. The molecule has 206 valence electrons. The molecule has 0 rings (SSSR count). The third-order valence-electron chi connectivity index (χ3n) is 5.41. The van der Waals surface area contributed by atoms with Crippen molar-refractivity contribution in [3.05, 3.63) is 0 Å². The van der Waals surface area contributed by atoms with Crippen molar-refractivity contribution in [1.29, 1.82) is 0 Å². The van der Waals surface area contributed by atoms with E-state index in [4.69, 9.17) is 9.47 Å². The molecule has 3 amide bonds. The van der Waals surface area contributed by atoms with E-state index in [9.17, 15) is 28.0 Å². The molecule has 0 aromatic carbocycles. The largest absolute Gasteiger partial charge is 0.382 e. The van der Waals surface area contributed by atoms with Crippen molar-refractivity contribution in [3.63, 3.8) is 0 Å². The molecule has 35 heavy (non-hydrogen) atoms. The number of hydroxylamine groups is 1. The number of carbonyl (C=O) groups is 3. The zero-order valence-electron chi connectivity index (χ0n) is 22.2. The lowest BCUT2D eigenvalue weighted by molar-refractivity contribution is -0.142. The first kappa shape index (κ1) is 33.2. The van der Waals surface area contributed by atoms with Crippen molar-refractivity contribution in [1.82, 2.24) is 20.4 Å². The van der Waals surface area contributed by atoms with Crippen LogP contribution in [0.3, 0.4) is 0 Å². The van der Waals surface area contributed by atoms with Gasteiger partial charge in [0, 0.05) is 27.2 Å². The third-order valence-corrected chi connectivity index (χ3v) is 6.69. The molecule has 0 heterocycles.